The van der Waals surface area contributed by atoms with Crippen molar-refractivity contribution >= 4 is 0 Å². The van der Waals surface area contributed by atoms with E-state index in [1.54, 1.807) is 25.2 Å². The quantitative estimate of drug-likeness (QED) is 0.341. The summed E-state index contributed by atoms with van der Waals surface area (Å²) in [5, 5.41) is 11.7. The van der Waals surface area contributed by atoms with Gasteiger partial charge in [-0.05, 0) is 75.0 Å². The third kappa shape index (κ3) is 8.98. The molecule has 5 nitrogen and oxygen atoms in total. The summed E-state index contributed by atoms with van der Waals surface area (Å²) >= 11 is 0. The summed E-state index contributed by atoms with van der Waals surface area (Å²) in [7, 11) is 5.24. The molecule has 0 bridgehead atoms. The van der Waals surface area contributed by atoms with Crippen molar-refractivity contribution in [1.29, 1.82) is 0 Å². The number of aryl methyl sites for hydroxylation is 1. The van der Waals surface area contributed by atoms with Crippen molar-refractivity contribution < 1.29 is 27.8 Å². The van der Waals surface area contributed by atoms with Crippen molar-refractivity contribution in [3.8, 4) is 0 Å². The summed E-state index contributed by atoms with van der Waals surface area (Å²) in [6, 6.07) is 4.93. The van der Waals surface area contributed by atoms with E-state index in [0.717, 1.165) is 24.1 Å². The summed E-state index contributed by atoms with van der Waals surface area (Å²) in [5.74, 6) is -0.0515. The Bertz CT molecular complexity index is 789. The Balaban J connectivity index is 1.93. The number of benzene rings is 1. The lowest BCUT2D eigenvalue weighted by Gasteiger charge is -2.44. The van der Waals surface area contributed by atoms with Gasteiger partial charge < -0.3 is 19.5 Å². The largest absolute Gasteiger partial charge is 0.389 e. The molecule has 36 heavy (non-hydrogen) atoms. The van der Waals surface area contributed by atoms with E-state index in [1.807, 2.05) is 20.0 Å². The minimum atomic E-state index is -2.40. The number of hydrogen-bond acceptors (Lipinski definition) is 5. The second-order valence-electron chi connectivity index (χ2n) is 11.4. The lowest BCUT2D eigenvalue weighted by atomic mass is 9.66. The van der Waals surface area contributed by atoms with Crippen LogP contribution in [0.2, 0.25) is 0 Å². The van der Waals surface area contributed by atoms with E-state index in [-0.39, 0.29) is 29.6 Å². The highest BCUT2D eigenvalue weighted by Gasteiger charge is 2.43. The fourth-order valence-electron chi connectivity index (χ4n) is 6.01. The number of hydrogen-bond donors (Lipinski definition) is 1. The van der Waals surface area contributed by atoms with Gasteiger partial charge in [0.15, 0.2) is 0 Å². The third-order valence-corrected chi connectivity index (χ3v) is 7.44. The Hall–Kier alpha value is -1.19. The Labute approximate surface area is 215 Å². The van der Waals surface area contributed by atoms with Gasteiger partial charge in [0, 0.05) is 38.6 Å². The molecule has 0 radical (unpaired) electrons. The monoisotopic (exact) mass is 516 g/mol. The molecular weight excluding hydrogens is 469 g/mol. The molecule has 1 aliphatic carbocycles. The summed E-state index contributed by atoms with van der Waals surface area (Å²) in [6.45, 7) is 9.28. The standard InChI is InChI=1S/C28H47F3N2O3/c1-21(2)26-24-9-8-23(29)16-22(24)10-11-28(26,34)12-15-32(4)13-7-14-33(17-25(30)31)18-27(3,19-35-5)20-36-6/h8-9,16,21,25-26,34H,7,10-15,17-20H2,1-6H3/t26-,28-/m0/s1. The molecule has 2 rings (SSSR count). The van der Waals surface area contributed by atoms with Gasteiger partial charge in [0.1, 0.15) is 5.82 Å². The van der Waals surface area contributed by atoms with E-state index in [9.17, 15) is 18.3 Å². The van der Waals surface area contributed by atoms with Gasteiger partial charge in [-0.3, -0.25) is 4.90 Å². The maximum absolute atomic E-state index is 13.8. The zero-order valence-electron chi connectivity index (χ0n) is 23.0. The van der Waals surface area contributed by atoms with E-state index in [2.05, 4.69) is 18.7 Å². The van der Waals surface area contributed by atoms with Crippen LogP contribution in [0.3, 0.4) is 0 Å². The van der Waals surface area contributed by atoms with Crippen LogP contribution in [0.15, 0.2) is 18.2 Å². The predicted octanol–water partition coefficient (Wildman–Crippen LogP) is 4.82. The van der Waals surface area contributed by atoms with Gasteiger partial charge in [-0.1, -0.05) is 26.8 Å². The molecule has 1 N–H and O–H groups in total. The molecule has 208 valence electrons. The van der Waals surface area contributed by atoms with Crippen LogP contribution in [0.1, 0.15) is 57.1 Å². The maximum Gasteiger partial charge on any atom is 0.251 e. The van der Waals surface area contributed by atoms with Gasteiger partial charge in [0.05, 0.1) is 25.4 Å². The zero-order chi connectivity index (χ0) is 26.9. The number of aliphatic hydroxyl groups is 1. The fourth-order valence-corrected chi connectivity index (χ4v) is 6.01. The second-order valence-corrected chi connectivity index (χ2v) is 11.4. The zero-order valence-corrected chi connectivity index (χ0v) is 23.0. The molecule has 1 aliphatic rings. The van der Waals surface area contributed by atoms with Gasteiger partial charge in [-0.15, -0.1) is 0 Å². The van der Waals surface area contributed by atoms with Crippen molar-refractivity contribution in [3.05, 3.63) is 35.1 Å². The van der Waals surface area contributed by atoms with Gasteiger partial charge >= 0.3 is 0 Å². The topological polar surface area (TPSA) is 45.2 Å². The predicted molar refractivity (Wildman–Crippen MR) is 138 cm³/mol. The first-order valence-corrected chi connectivity index (χ1v) is 13.1. The van der Waals surface area contributed by atoms with E-state index in [4.69, 9.17) is 9.47 Å². The first kappa shape index (κ1) is 31.0. The minimum Gasteiger partial charge on any atom is -0.389 e. The number of methoxy groups -OCH3 is 2. The number of rotatable bonds is 16. The molecule has 1 aromatic rings. The molecule has 0 aromatic heterocycles. The highest BCUT2D eigenvalue weighted by atomic mass is 19.3. The Kier molecular flexibility index (Phi) is 12.2. The third-order valence-electron chi connectivity index (χ3n) is 7.44. The molecule has 0 aliphatic heterocycles. The lowest BCUT2D eigenvalue weighted by Crippen LogP contribution is -2.45. The van der Waals surface area contributed by atoms with Gasteiger partial charge in [0.25, 0.3) is 6.43 Å². The molecule has 2 atom stereocenters. The van der Waals surface area contributed by atoms with Crippen LogP contribution < -0.4 is 0 Å². The molecule has 0 unspecified atom stereocenters. The van der Waals surface area contributed by atoms with Crippen molar-refractivity contribution in [2.24, 2.45) is 11.3 Å². The molecular formula is C28H47F3N2O3. The van der Waals surface area contributed by atoms with Crippen molar-refractivity contribution in [3.63, 3.8) is 0 Å². The fraction of sp³-hybridized carbons (Fsp3) is 0.786. The maximum atomic E-state index is 13.8. The van der Waals surface area contributed by atoms with Gasteiger partial charge in [0.2, 0.25) is 0 Å². The Morgan fingerprint density at radius 1 is 1.14 bits per heavy atom. The van der Waals surface area contributed by atoms with Crippen molar-refractivity contribution in [2.75, 3.05) is 67.2 Å². The number of fused-ring (bicyclic) bond motifs is 1. The molecule has 0 saturated heterocycles. The first-order valence-electron chi connectivity index (χ1n) is 13.1. The number of nitrogens with zero attached hydrogens (tertiary/aromatic N) is 2. The highest BCUT2D eigenvalue weighted by Crippen LogP contribution is 2.45. The van der Waals surface area contributed by atoms with E-state index in [1.165, 1.54) is 6.07 Å². The van der Waals surface area contributed by atoms with Crippen LogP contribution in [0.5, 0.6) is 0 Å². The van der Waals surface area contributed by atoms with E-state index in [0.29, 0.717) is 52.1 Å². The Morgan fingerprint density at radius 3 is 2.39 bits per heavy atom. The smallest absolute Gasteiger partial charge is 0.251 e. The van der Waals surface area contributed by atoms with E-state index < -0.39 is 12.0 Å². The summed E-state index contributed by atoms with van der Waals surface area (Å²) < 4.78 is 50.9. The van der Waals surface area contributed by atoms with Crippen molar-refractivity contribution in [1.82, 2.24) is 9.80 Å². The summed E-state index contributed by atoms with van der Waals surface area (Å²) in [6.07, 6.45) is 0.236. The normalized spacial score (nSPS) is 20.7. The second kappa shape index (κ2) is 14.1. The highest BCUT2D eigenvalue weighted by molar-refractivity contribution is 5.36. The molecule has 8 heteroatoms. The van der Waals surface area contributed by atoms with Crippen LogP contribution in [-0.2, 0) is 15.9 Å². The van der Waals surface area contributed by atoms with Crippen molar-refractivity contribution in [2.45, 2.75) is 64.4 Å². The number of alkyl halides is 2. The molecule has 0 fully saturated rings. The SMILES string of the molecule is COCC(C)(COC)CN(CCCN(C)CC[C@@]1(O)CCc2cc(F)ccc2[C@@H]1C(C)C)CC(F)F. The molecule has 1 aromatic carbocycles. The average molecular weight is 517 g/mol. The number of halogens is 3. The Morgan fingerprint density at radius 2 is 1.81 bits per heavy atom. The van der Waals surface area contributed by atoms with E-state index >= 15 is 0 Å². The summed E-state index contributed by atoms with van der Waals surface area (Å²) in [5.41, 5.74) is 0.844. The van der Waals surface area contributed by atoms with Gasteiger partial charge in [-0.2, -0.15) is 0 Å². The molecule has 0 amide bonds. The number of ether oxygens (including phenoxy) is 2. The molecule has 0 spiro atoms. The first-order chi connectivity index (χ1) is 16.9. The van der Waals surface area contributed by atoms with Crippen LogP contribution >= 0.6 is 0 Å². The van der Waals surface area contributed by atoms with Crippen LogP contribution in [-0.4, -0.2) is 94.1 Å². The van der Waals surface area contributed by atoms with Gasteiger partial charge in [-0.25, -0.2) is 13.2 Å². The van der Waals surface area contributed by atoms with Crippen LogP contribution in [0.25, 0.3) is 0 Å². The lowest BCUT2D eigenvalue weighted by molar-refractivity contribution is -0.0306. The molecule has 0 saturated carbocycles. The molecule has 0 heterocycles. The summed E-state index contributed by atoms with van der Waals surface area (Å²) in [4.78, 5) is 3.97. The minimum absolute atomic E-state index is 0.0453. The average Bonchev–Trinajstić information content (AvgIpc) is 2.77. The van der Waals surface area contributed by atoms with Crippen LogP contribution in [0.4, 0.5) is 13.2 Å². The van der Waals surface area contributed by atoms with Crippen LogP contribution in [0, 0.1) is 17.2 Å².